The van der Waals surface area contributed by atoms with Crippen LogP contribution in [0.4, 0.5) is 5.95 Å². The third-order valence-electron chi connectivity index (χ3n) is 4.97. The van der Waals surface area contributed by atoms with Gasteiger partial charge in [0, 0.05) is 37.4 Å². The summed E-state index contributed by atoms with van der Waals surface area (Å²) in [6.45, 7) is 9.48. The normalized spacial score (nSPS) is 23.0. The first-order valence-corrected chi connectivity index (χ1v) is 8.89. The van der Waals surface area contributed by atoms with Gasteiger partial charge in [-0.1, -0.05) is 5.16 Å². The molecule has 2 aliphatic rings. The van der Waals surface area contributed by atoms with E-state index in [4.69, 9.17) is 4.84 Å². The summed E-state index contributed by atoms with van der Waals surface area (Å²) in [5.41, 5.74) is 1.99. The summed E-state index contributed by atoms with van der Waals surface area (Å²) < 4.78 is 0. The molecule has 1 aromatic heterocycles. The van der Waals surface area contributed by atoms with Crippen LogP contribution in [-0.4, -0.2) is 58.3 Å². The number of aryl methyl sites for hydroxylation is 2. The van der Waals surface area contributed by atoms with Gasteiger partial charge in [0.1, 0.15) is 5.71 Å². The Morgan fingerprint density at radius 2 is 2.00 bits per heavy atom. The maximum absolute atomic E-state index is 12.5. The summed E-state index contributed by atoms with van der Waals surface area (Å²) in [6.07, 6.45) is 2.40. The SMILES string of the molecule is Cc1cc(C)nc(N2CCCC3(CC(C(=O)N(C)C(C)C)=NO3)C2)n1. The number of carbonyl (C=O) groups excluding carboxylic acids is 1. The molecule has 0 aliphatic carbocycles. The Balaban J connectivity index is 1.73. The predicted molar refractivity (Wildman–Crippen MR) is 96.7 cm³/mol. The van der Waals surface area contributed by atoms with Gasteiger partial charge in [-0.15, -0.1) is 0 Å². The fourth-order valence-electron chi connectivity index (χ4n) is 3.41. The molecule has 1 aromatic rings. The van der Waals surface area contributed by atoms with Gasteiger partial charge in [-0.3, -0.25) is 4.79 Å². The number of nitrogens with zero attached hydrogens (tertiary/aromatic N) is 5. The second-order valence-electron chi connectivity index (χ2n) is 7.47. The molecule has 2 aliphatic heterocycles. The van der Waals surface area contributed by atoms with Crippen LogP contribution in [0.3, 0.4) is 0 Å². The molecule has 0 radical (unpaired) electrons. The summed E-state index contributed by atoms with van der Waals surface area (Å²) in [5.74, 6) is 0.686. The van der Waals surface area contributed by atoms with E-state index in [1.165, 1.54) is 0 Å². The lowest BCUT2D eigenvalue weighted by atomic mass is 9.88. The lowest BCUT2D eigenvalue weighted by Gasteiger charge is -2.38. The molecule has 3 heterocycles. The van der Waals surface area contributed by atoms with Crippen LogP contribution in [0.2, 0.25) is 0 Å². The molecule has 25 heavy (non-hydrogen) atoms. The van der Waals surface area contributed by atoms with Crippen LogP contribution in [0, 0.1) is 13.8 Å². The molecule has 0 saturated carbocycles. The van der Waals surface area contributed by atoms with Crippen LogP contribution in [0.25, 0.3) is 0 Å². The molecule has 1 unspecified atom stereocenters. The number of hydrogen-bond acceptors (Lipinski definition) is 6. The summed E-state index contributed by atoms with van der Waals surface area (Å²) in [7, 11) is 1.80. The topological polar surface area (TPSA) is 70.9 Å². The molecule has 1 fully saturated rings. The summed E-state index contributed by atoms with van der Waals surface area (Å²) in [5, 5.41) is 4.14. The summed E-state index contributed by atoms with van der Waals surface area (Å²) in [4.78, 5) is 31.3. The second-order valence-corrected chi connectivity index (χ2v) is 7.47. The number of aromatic nitrogens is 2. The molecule has 0 aromatic carbocycles. The van der Waals surface area contributed by atoms with Crippen LogP contribution in [0.15, 0.2) is 11.2 Å². The van der Waals surface area contributed by atoms with Crippen LogP contribution >= 0.6 is 0 Å². The maximum Gasteiger partial charge on any atom is 0.271 e. The number of hydrogen-bond donors (Lipinski definition) is 0. The van der Waals surface area contributed by atoms with Gasteiger partial charge in [0.2, 0.25) is 5.95 Å². The molecule has 7 heteroatoms. The van der Waals surface area contributed by atoms with Crippen molar-refractivity contribution in [2.24, 2.45) is 5.16 Å². The van der Waals surface area contributed by atoms with Gasteiger partial charge >= 0.3 is 0 Å². The van der Waals surface area contributed by atoms with Crippen molar-refractivity contribution in [1.29, 1.82) is 0 Å². The average molecular weight is 345 g/mol. The quantitative estimate of drug-likeness (QED) is 0.839. The van der Waals surface area contributed by atoms with E-state index in [9.17, 15) is 4.79 Å². The van der Waals surface area contributed by atoms with E-state index in [-0.39, 0.29) is 11.9 Å². The van der Waals surface area contributed by atoms with Gasteiger partial charge in [-0.05, 0) is 46.6 Å². The van der Waals surface area contributed by atoms with E-state index >= 15 is 0 Å². The zero-order chi connectivity index (χ0) is 18.2. The third-order valence-corrected chi connectivity index (χ3v) is 4.97. The number of piperidine rings is 1. The number of anilines is 1. The largest absolute Gasteiger partial charge is 0.386 e. The minimum absolute atomic E-state index is 0.0494. The number of rotatable bonds is 3. The molecule has 1 saturated heterocycles. The van der Waals surface area contributed by atoms with Crippen LogP contribution in [0.5, 0.6) is 0 Å². The molecular formula is C18H27N5O2. The van der Waals surface area contributed by atoms with Crippen molar-refractivity contribution in [3.63, 3.8) is 0 Å². The summed E-state index contributed by atoms with van der Waals surface area (Å²) >= 11 is 0. The molecule has 0 bridgehead atoms. The zero-order valence-electron chi connectivity index (χ0n) is 15.7. The van der Waals surface area contributed by atoms with Crippen molar-refractivity contribution >= 4 is 17.6 Å². The first kappa shape index (κ1) is 17.6. The highest BCUT2D eigenvalue weighted by atomic mass is 16.7. The van der Waals surface area contributed by atoms with E-state index in [2.05, 4.69) is 20.0 Å². The Hall–Kier alpha value is -2.18. The lowest BCUT2D eigenvalue weighted by Crippen LogP contribution is -2.50. The Labute approximate surface area is 149 Å². The molecular weight excluding hydrogens is 318 g/mol. The van der Waals surface area contributed by atoms with Gasteiger partial charge in [-0.2, -0.15) is 0 Å². The second kappa shape index (κ2) is 6.61. The van der Waals surface area contributed by atoms with Crippen molar-refractivity contribution in [3.05, 3.63) is 17.5 Å². The lowest BCUT2D eigenvalue weighted by molar-refractivity contribution is -0.124. The highest BCUT2D eigenvalue weighted by molar-refractivity contribution is 6.39. The smallest absolute Gasteiger partial charge is 0.271 e. The Morgan fingerprint density at radius 1 is 1.32 bits per heavy atom. The molecule has 1 spiro atoms. The molecule has 136 valence electrons. The first-order valence-electron chi connectivity index (χ1n) is 8.89. The van der Waals surface area contributed by atoms with E-state index in [1.807, 2.05) is 33.8 Å². The minimum atomic E-state index is -0.442. The molecule has 1 amide bonds. The first-order chi connectivity index (χ1) is 11.8. The standard InChI is InChI=1S/C18H27N5O2/c1-12(2)22(5)16(24)15-10-18(25-21-15)7-6-8-23(11-18)17-19-13(3)9-14(4)20-17/h9,12H,6-8,10-11H2,1-5H3. The Bertz CT molecular complexity index is 682. The molecule has 1 atom stereocenters. The predicted octanol–water partition coefficient (Wildman–Crippen LogP) is 2.08. The number of amides is 1. The molecule has 0 N–H and O–H groups in total. The van der Waals surface area contributed by atoms with Gasteiger partial charge in [0.25, 0.3) is 5.91 Å². The van der Waals surface area contributed by atoms with Crippen molar-refractivity contribution in [1.82, 2.24) is 14.9 Å². The number of carbonyl (C=O) groups is 1. The van der Waals surface area contributed by atoms with Gasteiger partial charge < -0.3 is 14.6 Å². The Morgan fingerprint density at radius 3 is 2.64 bits per heavy atom. The minimum Gasteiger partial charge on any atom is -0.386 e. The number of oxime groups is 1. The maximum atomic E-state index is 12.5. The monoisotopic (exact) mass is 345 g/mol. The van der Waals surface area contributed by atoms with Crippen LogP contribution in [0.1, 0.15) is 44.5 Å². The van der Waals surface area contributed by atoms with E-state index in [1.54, 1.807) is 11.9 Å². The van der Waals surface area contributed by atoms with E-state index in [0.717, 1.165) is 36.7 Å². The van der Waals surface area contributed by atoms with Crippen molar-refractivity contribution in [3.8, 4) is 0 Å². The van der Waals surface area contributed by atoms with Gasteiger partial charge in [0.05, 0.1) is 6.54 Å². The van der Waals surface area contributed by atoms with Gasteiger partial charge in [0.15, 0.2) is 5.60 Å². The average Bonchev–Trinajstić information content (AvgIpc) is 2.95. The fourth-order valence-corrected chi connectivity index (χ4v) is 3.41. The van der Waals surface area contributed by atoms with Crippen LogP contribution in [-0.2, 0) is 9.63 Å². The molecule has 3 rings (SSSR count). The third kappa shape index (κ3) is 3.60. The zero-order valence-corrected chi connectivity index (χ0v) is 15.7. The molecule has 7 nitrogen and oxygen atoms in total. The Kier molecular flexibility index (Phi) is 4.67. The summed E-state index contributed by atoms with van der Waals surface area (Å²) in [6, 6.07) is 2.11. The highest BCUT2D eigenvalue weighted by Gasteiger charge is 2.45. The fraction of sp³-hybridized carbons (Fsp3) is 0.667. The van der Waals surface area contributed by atoms with Crippen molar-refractivity contribution < 1.29 is 9.63 Å². The van der Waals surface area contributed by atoms with E-state index < -0.39 is 5.60 Å². The van der Waals surface area contributed by atoms with E-state index in [0.29, 0.717) is 18.7 Å². The van der Waals surface area contributed by atoms with Crippen molar-refractivity contribution in [2.75, 3.05) is 25.0 Å². The highest BCUT2D eigenvalue weighted by Crippen LogP contribution is 2.35. The van der Waals surface area contributed by atoms with Crippen molar-refractivity contribution in [2.45, 2.75) is 58.6 Å². The van der Waals surface area contributed by atoms with Gasteiger partial charge in [-0.25, -0.2) is 9.97 Å². The van der Waals surface area contributed by atoms with Crippen LogP contribution < -0.4 is 4.90 Å².